The van der Waals surface area contributed by atoms with Crippen molar-refractivity contribution >= 4 is 35.6 Å². The van der Waals surface area contributed by atoms with Gasteiger partial charge in [0.2, 0.25) is 5.95 Å². The van der Waals surface area contributed by atoms with E-state index in [2.05, 4.69) is 15.0 Å². The second kappa shape index (κ2) is 6.06. The topological polar surface area (TPSA) is 147 Å². The lowest BCUT2D eigenvalue weighted by molar-refractivity contribution is -0.172. The number of hydrogen-bond donors (Lipinski definition) is 3. The van der Waals surface area contributed by atoms with E-state index >= 15 is 0 Å². The molecule has 0 spiro atoms. The number of nitrogen functional groups attached to an aromatic ring is 1. The molecule has 4 heterocycles. The van der Waals surface area contributed by atoms with Gasteiger partial charge in [0, 0.05) is 7.11 Å². The number of nitrogens with two attached hydrogens (primary N) is 1. The zero-order chi connectivity index (χ0) is 18.7. The Hall–Kier alpha value is -1.40. The van der Waals surface area contributed by atoms with E-state index < -0.39 is 36.3 Å². The Kier molecular flexibility index (Phi) is 4.19. The van der Waals surface area contributed by atoms with Crippen molar-refractivity contribution < 1.29 is 23.4 Å². The molecule has 0 radical (unpaired) electrons. The second-order valence-corrected chi connectivity index (χ2v) is 9.05. The minimum atomic E-state index is -3.42. The van der Waals surface area contributed by atoms with E-state index in [0.717, 1.165) is 0 Å². The summed E-state index contributed by atoms with van der Waals surface area (Å²) in [7, 11) is 1.29. The third kappa shape index (κ3) is 2.61. The molecule has 4 N–H and O–H groups in total. The maximum atomic E-state index is 12.0. The minimum Gasteiger partial charge on any atom is -0.369 e. The summed E-state index contributed by atoms with van der Waals surface area (Å²) < 4.78 is 24.2. The second-order valence-electron chi connectivity index (χ2n) is 6.15. The summed E-state index contributed by atoms with van der Waals surface area (Å²) in [6, 6.07) is 0. The molecule has 2 fully saturated rings. The fourth-order valence-corrected chi connectivity index (χ4v) is 4.38. The first-order valence-electron chi connectivity index (χ1n) is 7.89. The van der Waals surface area contributed by atoms with Gasteiger partial charge in [-0.2, -0.15) is 4.98 Å². The van der Waals surface area contributed by atoms with Gasteiger partial charge in [0.15, 0.2) is 17.4 Å². The van der Waals surface area contributed by atoms with Crippen molar-refractivity contribution in [3.63, 3.8) is 0 Å². The highest BCUT2D eigenvalue weighted by Crippen LogP contribution is 2.55. The van der Waals surface area contributed by atoms with Crippen LogP contribution >= 0.6 is 6.72 Å². The number of anilines is 1. The number of aromatic amines is 1. The van der Waals surface area contributed by atoms with Crippen molar-refractivity contribution in [3.8, 4) is 0 Å². The summed E-state index contributed by atoms with van der Waals surface area (Å²) in [6.45, 7) is -1.21. The molecule has 2 bridgehead atoms. The van der Waals surface area contributed by atoms with Gasteiger partial charge in [-0.25, -0.2) is 4.98 Å². The molecule has 0 amide bonds. The normalized spacial score (nSPS) is 33.0. The van der Waals surface area contributed by atoms with Gasteiger partial charge in [-0.1, -0.05) is 6.92 Å². The fourth-order valence-electron chi connectivity index (χ4n) is 3.42. The van der Waals surface area contributed by atoms with Crippen molar-refractivity contribution in [2.45, 2.75) is 37.4 Å². The zero-order valence-electron chi connectivity index (χ0n) is 14.0. The Labute approximate surface area is 152 Å². The first-order valence-corrected chi connectivity index (χ1v) is 10.5. The van der Waals surface area contributed by atoms with Crippen LogP contribution in [0.4, 0.5) is 5.95 Å². The number of rotatable bonds is 5. The fraction of sp³-hybridized carbons (Fsp3) is 0.615. The lowest BCUT2D eigenvalue weighted by Crippen LogP contribution is -2.40. The van der Waals surface area contributed by atoms with Crippen LogP contribution in [0.3, 0.4) is 0 Å². The molecule has 0 saturated carbocycles. The van der Waals surface area contributed by atoms with Crippen LogP contribution < -0.4 is 11.3 Å². The largest absolute Gasteiger partial charge is 0.369 e. The Balaban J connectivity index is 1.76. The number of nitrogens with zero attached hydrogens (tertiary/aromatic N) is 3. The predicted molar refractivity (Wildman–Crippen MR) is 93.8 cm³/mol. The molecule has 0 aromatic carbocycles. The van der Waals surface area contributed by atoms with Crippen LogP contribution in [0.1, 0.15) is 19.6 Å². The van der Waals surface area contributed by atoms with E-state index in [4.69, 9.17) is 36.1 Å². The third-order valence-electron chi connectivity index (χ3n) is 4.77. The van der Waals surface area contributed by atoms with Crippen molar-refractivity contribution in [1.29, 1.82) is 0 Å². The average molecular weight is 403 g/mol. The van der Waals surface area contributed by atoms with Crippen molar-refractivity contribution in [2.75, 3.05) is 19.5 Å². The van der Waals surface area contributed by atoms with Crippen LogP contribution in [-0.2, 0) is 30.3 Å². The Morgan fingerprint density at radius 3 is 3.12 bits per heavy atom. The number of nitrogens with one attached hydrogen (secondary N) is 1. The number of aromatic nitrogens is 4. The summed E-state index contributed by atoms with van der Waals surface area (Å²) in [4.78, 5) is 32.7. The lowest BCUT2D eigenvalue weighted by atomic mass is 9.96. The van der Waals surface area contributed by atoms with Gasteiger partial charge < -0.3 is 24.6 Å². The maximum Gasteiger partial charge on any atom is 0.324 e. The summed E-state index contributed by atoms with van der Waals surface area (Å²) >= 11 is 4.98. The van der Waals surface area contributed by atoms with Crippen molar-refractivity contribution in [2.24, 2.45) is 0 Å². The number of H-pyrrole nitrogens is 1. The van der Waals surface area contributed by atoms with Gasteiger partial charge in [0.1, 0.15) is 17.8 Å². The molecule has 142 valence electrons. The molecule has 2 aromatic heterocycles. The van der Waals surface area contributed by atoms with Gasteiger partial charge in [-0.15, -0.1) is 0 Å². The van der Waals surface area contributed by atoms with E-state index in [0.29, 0.717) is 6.42 Å². The number of imidazole rings is 1. The zero-order valence-corrected chi connectivity index (χ0v) is 15.7. The van der Waals surface area contributed by atoms with Crippen LogP contribution in [0, 0.1) is 0 Å². The first-order chi connectivity index (χ1) is 12.3. The van der Waals surface area contributed by atoms with E-state index in [1.807, 2.05) is 6.92 Å². The number of hydrogen-bond acceptors (Lipinski definition) is 9. The van der Waals surface area contributed by atoms with Crippen molar-refractivity contribution in [3.05, 3.63) is 16.7 Å². The monoisotopic (exact) mass is 403 g/mol. The highest BCUT2D eigenvalue weighted by atomic mass is 32.5. The van der Waals surface area contributed by atoms with Gasteiger partial charge in [0.05, 0.1) is 12.9 Å². The van der Waals surface area contributed by atoms with Crippen LogP contribution in [0.25, 0.3) is 11.2 Å². The molecule has 2 aliphatic heterocycles. The van der Waals surface area contributed by atoms with Crippen LogP contribution in [0.15, 0.2) is 11.1 Å². The predicted octanol–water partition coefficient (Wildman–Crippen LogP) is 0.0266. The number of fused-ring (bicyclic) bond motifs is 3. The van der Waals surface area contributed by atoms with Gasteiger partial charge in [-0.3, -0.25) is 18.9 Å². The van der Waals surface area contributed by atoms with Crippen LogP contribution in [0.5, 0.6) is 0 Å². The van der Waals surface area contributed by atoms with E-state index in [-0.39, 0.29) is 23.7 Å². The maximum absolute atomic E-state index is 12.0. The first kappa shape index (κ1) is 18.0. The number of ether oxygens (including phenoxy) is 2. The van der Waals surface area contributed by atoms with Crippen LogP contribution in [0.2, 0.25) is 0 Å². The van der Waals surface area contributed by atoms with E-state index in [1.165, 1.54) is 13.4 Å². The molecule has 2 aromatic rings. The molecule has 0 aliphatic carbocycles. The van der Waals surface area contributed by atoms with Gasteiger partial charge in [-0.05, 0) is 18.2 Å². The van der Waals surface area contributed by atoms with Gasteiger partial charge >= 0.3 is 6.72 Å². The molecular formula is C13H18N5O6PS. The summed E-state index contributed by atoms with van der Waals surface area (Å²) in [5, 5.41) is 0. The molecule has 26 heavy (non-hydrogen) atoms. The Morgan fingerprint density at radius 2 is 2.42 bits per heavy atom. The summed E-state index contributed by atoms with van der Waals surface area (Å²) in [5.74, 6) is -0.0310. The minimum absolute atomic E-state index is 0.0310. The molecule has 4 rings (SSSR count). The Morgan fingerprint density at radius 1 is 1.65 bits per heavy atom. The molecule has 2 aliphatic rings. The van der Waals surface area contributed by atoms with Crippen LogP contribution in [-0.4, -0.2) is 55.9 Å². The quantitative estimate of drug-likeness (QED) is 0.584. The molecule has 11 nitrogen and oxygen atoms in total. The molecule has 2 saturated heterocycles. The van der Waals surface area contributed by atoms with Gasteiger partial charge in [0.25, 0.3) is 5.56 Å². The van der Waals surface area contributed by atoms with E-state index in [1.54, 1.807) is 4.57 Å². The molecule has 5 atom stereocenters. The highest BCUT2D eigenvalue weighted by Gasteiger charge is 2.63. The standard InChI is InChI=1S/C13H18N5O6PS/c1-3-13-4-22-7(8(13)24-25(20,26)21-2)11(23-13)18-5-15-6-9(18)16-12(14)17-10(6)19/h5,7-8,11H,3-4H2,1-2H3,(H,20,26)(H3,14,16,17,19)/t7?,8-,11+,13+,25?/m1/s1. The Bertz CT molecular complexity index is 964. The smallest absolute Gasteiger partial charge is 0.324 e. The summed E-state index contributed by atoms with van der Waals surface area (Å²) in [6.07, 6.45) is 0.114. The summed E-state index contributed by atoms with van der Waals surface area (Å²) in [5.41, 5.74) is 4.81. The SMILES string of the molecule is CC[C@]12COC([C@H]1OP(O)(=S)OC)[C@@H](n1cnc3c(=O)[nH]c(N)nc31)O2. The van der Waals surface area contributed by atoms with E-state index in [9.17, 15) is 9.69 Å². The average Bonchev–Trinajstić information content (AvgIpc) is 3.25. The third-order valence-corrected chi connectivity index (χ3v) is 6.43. The lowest BCUT2D eigenvalue weighted by Gasteiger charge is -2.31. The molecule has 2 unspecified atom stereocenters. The molecular weight excluding hydrogens is 385 g/mol. The molecule has 13 heteroatoms. The highest BCUT2D eigenvalue weighted by molar-refractivity contribution is 8.07. The van der Waals surface area contributed by atoms with Crippen molar-refractivity contribution in [1.82, 2.24) is 19.5 Å².